The van der Waals surface area contributed by atoms with Crippen molar-refractivity contribution in [3.05, 3.63) is 42.5 Å². The molecule has 0 saturated carbocycles. The maximum Gasteiger partial charge on any atom is 0.104 e. The molecule has 1 nitrogen and oxygen atoms in total. The highest BCUT2D eigenvalue weighted by atomic mass is 32.2. The van der Waals surface area contributed by atoms with Gasteiger partial charge in [-0.2, -0.15) is 0 Å². The third-order valence-electron chi connectivity index (χ3n) is 2.89. The first-order valence-corrected chi connectivity index (χ1v) is 7.45. The van der Waals surface area contributed by atoms with E-state index in [2.05, 4.69) is 56.3 Å². The molecule has 2 rings (SSSR count). The van der Waals surface area contributed by atoms with Crippen molar-refractivity contribution in [3.8, 4) is 0 Å². The lowest BCUT2D eigenvalue weighted by atomic mass is 10.1. The summed E-state index contributed by atoms with van der Waals surface area (Å²) in [6.45, 7) is 5.17. The number of hydrogen-bond donors (Lipinski definition) is 0. The summed E-state index contributed by atoms with van der Waals surface area (Å²) in [5.41, 5.74) is 0.211. The molecule has 0 N–H and O–H groups in total. The van der Waals surface area contributed by atoms with E-state index in [1.807, 2.05) is 0 Å². The minimum atomic E-state index is 0.211. The Labute approximate surface area is 114 Å². The van der Waals surface area contributed by atoms with Gasteiger partial charge < -0.3 is 4.74 Å². The smallest absolute Gasteiger partial charge is 0.104 e. The highest BCUT2D eigenvalue weighted by Crippen LogP contribution is 2.31. The molecule has 1 unspecified atom stereocenters. The van der Waals surface area contributed by atoms with Gasteiger partial charge in [-0.05, 0) is 30.2 Å². The Morgan fingerprint density at radius 2 is 1.89 bits per heavy atom. The van der Waals surface area contributed by atoms with E-state index in [1.54, 1.807) is 11.8 Å². The number of rotatable bonds is 6. The number of fused-ring (bicyclic) bond motifs is 1. The number of ether oxygens (including phenoxy) is 1. The molecule has 0 aliphatic carbocycles. The summed E-state index contributed by atoms with van der Waals surface area (Å²) in [5, 5.41) is 2.61. The molecule has 0 saturated heterocycles. The second-order valence-electron chi connectivity index (χ2n) is 4.39. The van der Waals surface area contributed by atoms with Crippen LogP contribution in [-0.2, 0) is 4.74 Å². The Hall–Kier alpha value is -0.990. The van der Waals surface area contributed by atoms with Crippen LogP contribution >= 0.6 is 11.8 Å². The largest absolute Gasteiger partial charge is 0.368 e. The molecule has 0 radical (unpaired) electrons. The van der Waals surface area contributed by atoms with Gasteiger partial charge in [-0.25, -0.2) is 0 Å². The summed E-state index contributed by atoms with van der Waals surface area (Å²) in [6, 6.07) is 14.9. The first kappa shape index (κ1) is 13.4. The number of thioether (sulfide) groups is 1. The Bertz CT molecular complexity index is 490. The van der Waals surface area contributed by atoms with Crippen molar-refractivity contribution in [3.63, 3.8) is 0 Å². The monoisotopic (exact) mass is 260 g/mol. The minimum absolute atomic E-state index is 0.211. The van der Waals surface area contributed by atoms with Crippen molar-refractivity contribution in [2.24, 2.45) is 0 Å². The molecule has 0 amide bonds. The summed E-state index contributed by atoms with van der Waals surface area (Å²) >= 11 is 1.80. The van der Waals surface area contributed by atoms with Gasteiger partial charge in [0.1, 0.15) is 5.44 Å². The predicted molar refractivity (Wildman–Crippen MR) is 80.1 cm³/mol. The third kappa shape index (κ3) is 3.50. The molecule has 18 heavy (non-hydrogen) atoms. The lowest BCUT2D eigenvalue weighted by molar-refractivity contribution is 0.121. The normalized spacial score (nSPS) is 12.8. The average molecular weight is 260 g/mol. The van der Waals surface area contributed by atoms with Crippen LogP contribution in [0.2, 0.25) is 0 Å². The van der Waals surface area contributed by atoms with Crippen LogP contribution in [0.1, 0.15) is 26.7 Å². The highest BCUT2D eigenvalue weighted by molar-refractivity contribution is 8.00. The zero-order chi connectivity index (χ0) is 12.8. The van der Waals surface area contributed by atoms with Crippen molar-refractivity contribution in [1.29, 1.82) is 0 Å². The van der Waals surface area contributed by atoms with E-state index in [4.69, 9.17) is 4.74 Å². The van der Waals surface area contributed by atoms with Gasteiger partial charge in [-0.15, -0.1) is 0 Å². The molecule has 0 fully saturated rings. The summed E-state index contributed by atoms with van der Waals surface area (Å²) in [5.74, 6) is 0. The van der Waals surface area contributed by atoms with Crippen LogP contribution in [0.3, 0.4) is 0 Å². The van der Waals surface area contributed by atoms with E-state index >= 15 is 0 Å². The summed E-state index contributed by atoms with van der Waals surface area (Å²) in [4.78, 5) is 1.30. The van der Waals surface area contributed by atoms with Gasteiger partial charge in [0.2, 0.25) is 0 Å². The topological polar surface area (TPSA) is 9.23 Å². The van der Waals surface area contributed by atoms with Crippen LogP contribution in [0.25, 0.3) is 10.8 Å². The third-order valence-corrected chi connectivity index (χ3v) is 3.97. The molecule has 0 bridgehead atoms. The Morgan fingerprint density at radius 1 is 1.11 bits per heavy atom. The molecular weight excluding hydrogens is 240 g/mol. The molecule has 2 aromatic rings. The Kier molecular flexibility index (Phi) is 5.09. The summed E-state index contributed by atoms with van der Waals surface area (Å²) in [7, 11) is 0. The maximum atomic E-state index is 5.80. The molecule has 0 aromatic heterocycles. The van der Waals surface area contributed by atoms with E-state index in [0.29, 0.717) is 0 Å². The van der Waals surface area contributed by atoms with Crippen molar-refractivity contribution < 1.29 is 4.74 Å². The Balaban J connectivity index is 2.07. The van der Waals surface area contributed by atoms with Crippen molar-refractivity contribution in [1.82, 2.24) is 0 Å². The van der Waals surface area contributed by atoms with Gasteiger partial charge in [-0.3, -0.25) is 0 Å². The van der Waals surface area contributed by atoms with E-state index in [0.717, 1.165) is 13.0 Å². The van der Waals surface area contributed by atoms with Crippen LogP contribution in [0.4, 0.5) is 0 Å². The first-order valence-electron chi connectivity index (χ1n) is 6.57. The quantitative estimate of drug-likeness (QED) is 0.406. The summed E-state index contributed by atoms with van der Waals surface area (Å²) < 4.78 is 5.80. The summed E-state index contributed by atoms with van der Waals surface area (Å²) in [6.07, 6.45) is 2.33. The fraction of sp³-hybridized carbons (Fsp3) is 0.375. The fourth-order valence-electron chi connectivity index (χ4n) is 1.90. The molecule has 2 aromatic carbocycles. The zero-order valence-corrected chi connectivity index (χ0v) is 11.9. The minimum Gasteiger partial charge on any atom is -0.368 e. The van der Waals surface area contributed by atoms with Gasteiger partial charge in [-0.1, -0.05) is 61.5 Å². The molecule has 0 heterocycles. The van der Waals surface area contributed by atoms with E-state index in [9.17, 15) is 0 Å². The number of unbranched alkanes of at least 4 members (excludes halogenated alkanes) is 1. The molecule has 96 valence electrons. The van der Waals surface area contributed by atoms with Crippen LogP contribution in [0.15, 0.2) is 47.4 Å². The molecule has 0 aliphatic rings. The number of hydrogen-bond acceptors (Lipinski definition) is 2. The van der Waals surface area contributed by atoms with E-state index < -0.39 is 0 Å². The van der Waals surface area contributed by atoms with Crippen LogP contribution in [0.5, 0.6) is 0 Å². The van der Waals surface area contributed by atoms with Gasteiger partial charge in [0, 0.05) is 11.5 Å². The van der Waals surface area contributed by atoms with Crippen LogP contribution in [0, 0.1) is 0 Å². The fourth-order valence-corrected chi connectivity index (χ4v) is 2.90. The first-order chi connectivity index (χ1) is 8.81. The molecule has 0 aliphatic heterocycles. The highest BCUT2D eigenvalue weighted by Gasteiger charge is 2.07. The van der Waals surface area contributed by atoms with Gasteiger partial charge in [0.25, 0.3) is 0 Å². The molecular formula is C16H20OS. The number of benzene rings is 2. The zero-order valence-electron chi connectivity index (χ0n) is 11.1. The van der Waals surface area contributed by atoms with E-state index in [1.165, 1.54) is 22.1 Å². The van der Waals surface area contributed by atoms with Gasteiger partial charge in [0.15, 0.2) is 0 Å². The predicted octanol–water partition coefficient (Wildman–Crippen LogP) is 5.09. The Morgan fingerprint density at radius 3 is 2.72 bits per heavy atom. The van der Waals surface area contributed by atoms with Gasteiger partial charge in [0.05, 0.1) is 0 Å². The van der Waals surface area contributed by atoms with E-state index in [-0.39, 0.29) is 5.44 Å². The second-order valence-corrected chi connectivity index (χ2v) is 5.73. The standard InChI is InChI=1S/C16H20OS/c1-3-4-12-17-13(2)18-16-11-7-9-14-8-5-6-10-15(14)16/h5-11,13H,3-4,12H2,1-2H3. The maximum absolute atomic E-state index is 5.80. The van der Waals surface area contributed by atoms with Crippen LogP contribution < -0.4 is 0 Å². The molecule has 1 atom stereocenters. The van der Waals surface area contributed by atoms with Gasteiger partial charge >= 0.3 is 0 Å². The van der Waals surface area contributed by atoms with Crippen molar-refractivity contribution in [2.75, 3.05) is 6.61 Å². The second kappa shape index (κ2) is 6.81. The van der Waals surface area contributed by atoms with Crippen LogP contribution in [-0.4, -0.2) is 12.0 Å². The lowest BCUT2D eigenvalue weighted by Crippen LogP contribution is -2.04. The molecule has 0 spiro atoms. The lowest BCUT2D eigenvalue weighted by Gasteiger charge is -2.13. The van der Waals surface area contributed by atoms with Crippen molar-refractivity contribution >= 4 is 22.5 Å². The average Bonchev–Trinajstić information content (AvgIpc) is 2.39. The van der Waals surface area contributed by atoms with Crippen molar-refractivity contribution in [2.45, 2.75) is 37.0 Å². The SMILES string of the molecule is CCCCOC(C)Sc1cccc2ccccc12. The molecule has 2 heteroatoms.